The molecule has 4 aromatic rings. The summed E-state index contributed by atoms with van der Waals surface area (Å²) < 4.78 is 25.8. The maximum atomic E-state index is 9.98. The van der Waals surface area contributed by atoms with Crippen LogP contribution in [0, 0.1) is 0 Å². The maximum absolute atomic E-state index is 9.98. The number of hydrogen-bond donors (Lipinski definition) is 1. The van der Waals surface area contributed by atoms with Crippen LogP contribution in [0.2, 0.25) is 0 Å². The summed E-state index contributed by atoms with van der Waals surface area (Å²) in [5.74, 6) is -0.593. The number of epoxide rings is 2. The molecule has 2 unspecified atom stereocenters. The van der Waals surface area contributed by atoms with Gasteiger partial charge in [-0.25, -0.2) is 0 Å². The zero-order chi connectivity index (χ0) is 26.9. The van der Waals surface area contributed by atoms with Gasteiger partial charge in [0, 0.05) is 6.92 Å². The highest BCUT2D eigenvalue weighted by molar-refractivity contribution is 5.76. The zero-order valence-electron chi connectivity index (χ0n) is 22.1. The molecule has 4 aromatic carbocycles. The number of benzene rings is 4. The molecule has 6 nitrogen and oxygen atoms in total. The number of fused-ring (bicyclic) bond motifs is 3. The van der Waals surface area contributed by atoms with Crippen LogP contribution >= 0.6 is 0 Å². The Hall–Kier alpha value is -3.68. The molecule has 7 rings (SSSR count). The van der Waals surface area contributed by atoms with Gasteiger partial charge in [0.15, 0.2) is 0 Å². The second-order valence-corrected chi connectivity index (χ2v) is 9.67. The molecular formula is C33H34O6. The lowest BCUT2D eigenvalue weighted by molar-refractivity contribution is -0.258. The summed E-state index contributed by atoms with van der Waals surface area (Å²) in [6.45, 7) is 4.71. The fourth-order valence-corrected chi connectivity index (χ4v) is 4.17. The van der Waals surface area contributed by atoms with Crippen LogP contribution in [0.25, 0.3) is 11.1 Å². The first kappa shape index (κ1) is 26.9. The Morgan fingerprint density at radius 3 is 1.44 bits per heavy atom. The van der Waals surface area contributed by atoms with Crippen LogP contribution in [0.15, 0.2) is 109 Å². The molecule has 0 spiro atoms. The van der Waals surface area contributed by atoms with E-state index in [-0.39, 0.29) is 0 Å². The molecule has 1 aliphatic carbocycles. The molecule has 2 atom stereocenters. The van der Waals surface area contributed by atoms with Crippen molar-refractivity contribution in [3.8, 4) is 22.6 Å². The van der Waals surface area contributed by atoms with Crippen molar-refractivity contribution in [2.24, 2.45) is 0 Å². The quantitative estimate of drug-likeness (QED) is 0.201. The Bertz CT molecular complexity index is 1200. The predicted molar refractivity (Wildman–Crippen MR) is 150 cm³/mol. The molecular weight excluding hydrogens is 492 g/mol. The van der Waals surface area contributed by atoms with Gasteiger partial charge < -0.3 is 28.8 Å². The molecule has 2 heterocycles. The number of para-hydroxylation sites is 2. The smallest absolute Gasteiger partial charge is 0.366 e. The molecule has 3 aliphatic rings. The topological polar surface area (TPSA) is 73.0 Å². The third-order valence-electron chi connectivity index (χ3n) is 6.22. The van der Waals surface area contributed by atoms with Crippen LogP contribution in [-0.2, 0) is 20.6 Å². The van der Waals surface area contributed by atoms with Gasteiger partial charge in [-0.15, -0.1) is 0 Å². The Kier molecular flexibility index (Phi) is 8.91. The SMILES string of the molecule is C(OCC1CO1)C1CO1.CC(O)(Oc1ccccc1)Oc1ccccc1.c1ccc2c(c1)Cc1ccccc1-2. The molecule has 0 bridgehead atoms. The second-order valence-electron chi connectivity index (χ2n) is 9.67. The second kappa shape index (κ2) is 12.9. The van der Waals surface area contributed by atoms with Crippen molar-refractivity contribution in [3.63, 3.8) is 0 Å². The van der Waals surface area contributed by atoms with Crippen LogP contribution in [0.3, 0.4) is 0 Å². The van der Waals surface area contributed by atoms with Gasteiger partial charge in [0.25, 0.3) is 0 Å². The molecule has 39 heavy (non-hydrogen) atoms. The Balaban J connectivity index is 0.000000124. The van der Waals surface area contributed by atoms with Crippen molar-refractivity contribution in [3.05, 3.63) is 120 Å². The van der Waals surface area contributed by atoms with Gasteiger partial charge in [0.05, 0.1) is 26.4 Å². The van der Waals surface area contributed by atoms with E-state index in [1.165, 1.54) is 29.2 Å². The van der Waals surface area contributed by atoms with E-state index in [0.29, 0.717) is 23.7 Å². The minimum Gasteiger partial charge on any atom is -0.430 e. The molecule has 0 radical (unpaired) electrons. The molecule has 2 aliphatic heterocycles. The maximum Gasteiger partial charge on any atom is 0.366 e. The minimum absolute atomic E-state index is 0.392. The van der Waals surface area contributed by atoms with Crippen molar-refractivity contribution in [1.29, 1.82) is 0 Å². The first-order valence-electron chi connectivity index (χ1n) is 13.2. The van der Waals surface area contributed by atoms with E-state index in [2.05, 4.69) is 48.5 Å². The van der Waals surface area contributed by atoms with Crippen molar-refractivity contribution in [1.82, 2.24) is 0 Å². The van der Waals surface area contributed by atoms with E-state index in [0.717, 1.165) is 32.8 Å². The lowest BCUT2D eigenvalue weighted by Crippen LogP contribution is -2.38. The van der Waals surface area contributed by atoms with Crippen molar-refractivity contribution in [2.45, 2.75) is 31.5 Å². The lowest BCUT2D eigenvalue weighted by Gasteiger charge is -2.25. The van der Waals surface area contributed by atoms with Gasteiger partial charge in [0.2, 0.25) is 0 Å². The van der Waals surface area contributed by atoms with E-state index in [9.17, 15) is 5.11 Å². The van der Waals surface area contributed by atoms with E-state index < -0.39 is 5.97 Å². The van der Waals surface area contributed by atoms with Gasteiger partial charge in [-0.1, -0.05) is 84.9 Å². The van der Waals surface area contributed by atoms with Crippen LogP contribution in [0.1, 0.15) is 18.1 Å². The molecule has 202 valence electrons. The zero-order valence-corrected chi connectivity index (χ0v) is 22.1. The summed E-state index contributed by atoms with van der Waals surface area (Å²) in [6, 6.07) is 35.4. The average molecular weight is 527 g/mol. The van der Waals surface area contributed by atoms with Gasteiger partial charge >= 0.3 is 5.97 Å². The molecule has 1 N–H and O–H groups in total. The highest BCUT2D eigenvalue weighted by atomic mass is 16.8. The third-order valence-corrected chi connectivity index (χ3v) is 6.22. The molecule has 6 heteroatoms. The van der Waals surface area contributed by atoms with Crippen molar-refractivity contribution >= 4 is 0 Å². The summed E-state index contributed by atoms with van der Waals surface area (Å²) in [5.41, 5.74) is 5.75. The van der Waals surface area contributed by atoms with Gasteiger partial charge in [-0.05, 0) is 52.9 Å². The Morgan fingerprint density at radius 1 is 0.641 bits per heavy atom. The summed E-state index contributed by atoms with van der Waals surface area (Å²) >= 11 is 0. The summed E-state index contributed by atoms with van der Waals surface area (Å²) in [5, 5.41) is 9.98. The standard InChI is InChI=1S/C14H14O3.C13H10.C6H10O3/c1-14(15,16-12-8-4-2-5-9-12)17-13-10-6-3-7-11-13;1-3-7-12-10(5-1)9-11-6-2-4-8-13(11)12;1(5-3-8-5)7-2-6-4-9-6/h2-11,15H,1H3;1-8H,9H2;5-6H,1-4H2. The minimum atomic E-state index is -1.69. The molecule has 0 amide bonds. The number of hydrogen-bond acceptors (Lipinski definition) is 6. The highest BCUT2D eigenvalue weighted by Crippen LogP contribution is 2.35. The third kappa shape index (κ3) is 8.67. The van der Waals surface area contributed by atoms with Crippen LogP contribution in [0.4, 0.5) is 0 Å². The normalized spacial score (nSPS) is 17.8. The number of rotatable bonds is 8. The average Bonchev–Trinajstić information content (AvgIpc) is 3.89. The first-order chi connectivity index (χ1) is 19.1. The summed E-state index contributed by atoms with van der Waals surface area (Å²) in [4.78, 5) is 0. The monoisotopic (exact) mass is 526 g/mol. The van der Waals surface area contributed by atoms with E-state index in [4.69, 9.17) is 23.7 Å². The van der Waals surface area contributed by atoms with Gasteiger partial charge in [0.1, 0.15) is 23.7 Å². The Labute approximate surface area is 229 Å². The fraction of sp³-hybridized carbons (Fsp3) is 0.273. The molecule has 0 saturated carbocycles. The molecule has 0 aromatic heterocycles. The van der Waals surface area contributed by atoms with Crippen LogP contribution in [0.5, 0.6) is 11.5 Å². The molecule has 2 fully saturated rings. The van der Waals surface area contributed by atoms with Crippen LogP contribution < -0.4 is 9.47 Å². The van der Waals surface area contributed by atoms with Crippen molar-refractivity contribution in [2.75, 3.05) is 26.4 Å². The molecule has 2 saturated heterocycles. The van der Waals surface area contributed by atoms with E-state index >= 15 is 0 Å². The highest BCUT2D eigenvalue weighted by Gasteiger charge is 2.26. The Morgan fingerprint density at radius 2 is 1.03 bits per heavy atom. The predicted octanol–water partition coefficient (Wildman–Crippen LogP) is 5.87. The van der Waals surface area contributed by atoms with Gasteiger partial charge in [-0.3, -0.25) is 0 Å². The van der Waals surface area contributed by atoms with Gasteiger partial charge in [-0.2, -0.15) is 0 Å². The van der Waals surface area contributed by atoms with E-state index in [1.807, 2.05) is 36.4 Å². The van der Waals surface area contributed by atoms with Crippen molar-refractivity contribution < 1.29 is 28.8 Å². The summed E-state index contributed by atoms with van der Waals surface area (Å²) in [7, 11) is 0. The largest absolute Gasteiger partial charge is 0.430 e. The van der Waals surface area contributed by atoms with Crippen LogP contribution in [-0.4, -0.2) is 49.7 Å². The number of aliphatic hydroxyl groups is 1. The number of ether oxygens (including phenoxy) is 5. The fourth-order valence-electron chi connectivity index (χ4n) is 4.17. The lowest BCUT2D eigenvalue weighted by atomic mass is 10.1. The van der Waals surface area contributed by atoms with E-state index in [1.54, 1.807) is 24.3 Å². The summed E-state index contributed by atoms with van der Waals surface area (Å²) in [6.07, 6.45) is 1.89. The first-order valence-corrected chi connectivity index (χ1v) is 13.2.